The SMILES string of the molecule is O=C(O)C1CCCCN1C(=O)c1cccc2ccc(=O)[nH]c12. The number of nitrogens with zero attached hydrogens (tertiary/aromatic N) is 1. The number of hydrogen-bond donors (Lipinski definition) is 2. The van der Waals surface area contributed by atoms with Crippen molar-refractivity contribution in [1.82, 2.24) is 9.88 Å². The molecule has 2 N–H and O–H groups in total. The zero-order valence-corrected chi connectivity index (χ0v) is 11.9. The third-order valence-electron chi connectivity index (χ3n) is 4.04. The largest absolute Gasteiger partial charge is 0.480 e. The van der Waals surface area contributed by atoms with Gasteiger partial charge in [-0.05, 0) is 36.8 Å². The minimum Gasteiger partial charge on any atom is -0.480 e. The van der Waals surface area contributed by atoms with Crippen molar-refractivity contribution in [3.05, 3.63) is 46.2 Å². The number of H-pyrrole nitrogens is 1. The monoisotopic (exact) mass is 300 g/mol. The Morgan fingerprint density at radius 3 is 2.77 bits per heavy atom. The summed E-state index contributed by atoms with van der Waals surface area (Å²) in [5, 5.41) is 10.1. The Kier molecular flexibility index (Phi) is 3.66. The van der Waals surface area contributed by atoms with E-state index in [1.807, 2.05) is 0 Å². The van der Waals surface area contributed by atoms with Crippen LogP contribution in [0.15, 0.2) is 35.1 Å². The van der Waals surface area contributed by atoms with E-state index in [1.165, 1.54) is 11.0 Å². The number of amides is 1. The molecule has 0 spiro atoms. The van der Waals surface area contributed by atoms with Gasteiger partial charge in [0.1, 0.15) is 6.04 Å². The maximum atomic E-state index is 12.8. The smallest absolute Gasteiger partial charge is 0.326 e. The second kappa shape index (κ2) is 5.63. The van der Waals surface area contributed by atoms with Gasteiger partial charge >= 0.3 is 5.97 Å². The maximum absolute atomic E-state index is 12.8. The number of aromatic amines is 1. The number of carbonyl (C=O) groups excluding carboxylic acids is 1. The lowest BCUT2D eigenvalue weighted by Crippen LogP contribution is -2.48. The minimum absolute atomic E-state index is 0.291. The van der Waals surface area contributed by atoms with Gasteiger partial charge in [0, 0.05) is 12.6 Å². The molecule has 0 aliphatic carbocycles. The molecule has 6 nitrogen and oxygen atoms in total. The molecule has 0 saturated carbocycles. The van der Waals surface area contributed by atoms with Gasteiger partial charge < -0.3 is 15.0 Å². The molecule has 1 unspecified atom stereocenters. The zero-order chi connectivity index (χ0) is 15.7. The Bertz CT molecular complexity index is 796. The topological polar surface area (TPSA) is 90.5 Å². The zero-order valence-electron chi connectivity index (χ0n) is 11.9. The molecule has 0 radical (unpaired) electrons. The Balaban J connectivity index is 2.06. The lowest BCUT2D eigenvalue weighted by atomic mass is 10.00. The maximum Gasteiger partial charge on any atom is 0.326 e. The first kappa shape index (κ1) is 14.3. The van der Waals surface area contributed by atoms with Crippen LogP contribution in [0.1, 0.15) is 29.6 Å². The average molecular weight is 300 g/mol. The molecule has 1 atom stereocenters. The van der Waals surface area contributed by atoms with E-state index in [-0.39, 0.29) is 11.5 Å². The van der Waals surface area contributed by atoms with E-state index < -0.39 is 12.0 Å². The van der Waals surface area contributed by atoms with Crippen LogP contribution in [0.5, 0.6) is 0 Å². The summed E-state index contributed by atoms with van der Waals surface area (Å²) in [4.78, 5) is 39.7. The summed E-state index contributed by atoms with van der Waals surface area (Å²) in [5.41, 5.74) is 0.499. The Hall–Kier alpha value is -2.63. The lowest BCUT2D eigenvalue weighted by Gasteiger charge is -2.33. The van der Waals surface area contributed by atoms with Gasteiger partial charge in [-0.3, -0.25) is 9.59 Å². The van der Waals surface area contributed by atoms with Crippen LogP contribution in [0.25, 0.3) is 10.9 Å². The fourth-order valence-electron chi connectivity index (χ4n) is 2.94. The van der Waals surface area contributed by atoms with Gasteiger partial charge in [-0.25, -0.2) is 4.79 Å². The van der Waals surface area contributed by atoms with Gasteiger partial charge in [0.15, 0.2) is 0 Å². The van der Waals surface area contributed by atoms with Crippen LogP contribution in [0, 0.1) is 0 Å². The van der Waals surface area contributed by atoms with Crippen LogP contribution in [0.2, 0.25) is 0 Å². The fraction of sp³-hybridized carbons (Fsp3) is 0.312. The molecule has 114 valence electrons. The molecule has 0 bridgehead atoms. The number of carbonyl (C=O) groups is 2. The number of pyridine rings is 1. The molecular weight excluding hydrogens is 284 g/mol. The van der Waals surface area contributed by atoms with Gasteiger partial charge in [-0.2, -0.15) is 0 Å². The Labute approximate surface area is 126 Å². The molecular formula is C16H16N2O4. The number of carboxylic acid groups (broad SMARTS) is 1. The van der Waals surface area contributed by atoms with E-state index in [0.29, 0.717) is 24.0 Å². The lowest BCUT2D eigenvalue weighted by molar-refractivity contribution is -0.143. The number of fused-ring (bicyclic) bond motifs is 1. The number of aromatic nitrogens is 1. The molecule has 22 heavy (non-hydrogen) atoms. The highest BCUT2D eigenvalue weighted by Crippen LogP contribution is 2.23. The van der Waals surface area contributed by atoms with Crippen LogP contribution in [0.4, 0.5) is 0 Å². The molecule has 1 saturated heterocycles. The van der Waals surface area contributed by atoms with Crippen LogP contribution in [0.3, 0.4) is 0 Å². The second-order valence-electron chi connectivity index (χ2n) is 5.44. The van der Waals surface area contributed by atoms with Crippen molar-refractivity contribution in [2.75, 3.05) is 6.54 Å². The predicted octanol–water partition coefficient (Wildman–Crippen LogP) is 1.61. The number of nitrogens with one attached hydrogen (secondary N) is 1. The summed E-state index contributed by atoms with van der Waals surface area (Å²) < 4.78 is 0. The number of likely N-dealkylation sites (tertiary alicyclic amines) is 1. The van der Waals surface area contributed by atoms with E-state index in [4.69, 9.17) is 0 Å². The Morgan fingerprint density at radius 1 is 1.18 bits per heavy atom. The molecule has 1 amide bonds. The number of aliphatic carboxylic acids is 1. The summed E-state index contributed by atoms with van der Waals surface area (Å²) in [6.45, 7) is 0.420. The van der Waals surface area contributed by atoms with Gasteiger partial charge in [-0.15, -0.1) is 0 Å². The van der Waals surface area contributed by atoms with Gasteiger partial charge in [0.2, 0.25) is 5.56 Å². The van der Waals surface area contributed by atoms with Gasteiger partial charge in [0.25, 0.3) is 5.91 Å². The van der Waals surface area contributed by atoms with Crippen molar-refractivity contribution < 1.29 is 14.7 Å². The number of para-hydroxylation sites is 1. The summed E-state index contributed by atoms with van der Waals surface area (Å²) in [6, 6.07) is 7.40. The average Bonchev–Trinajstić information content (AvgIpc) is 2.53. The third-order valence-corrected chi connectivity index (χ3v) is 4.04. The molecule has 3 rings (SSSR count). The van der Waals surface area contributed by atoms with Gasteiger partial charge in [0.05, 0.1) is 11.1 Å². The summed E-state index contributed by atoms with van der Waals surface area (Å²) in [5.74, 6) is -1.33. The normalized spacial score (nSPS) is 18.4. The number of rotatable bonds is 2. The van der Waals surface area contributed by atoms with Crippen LogP contribution < -0.4 is 5.56 Å². The van der Waals surface area contributed by atoms with Crippen LogP contribution in [-0.4, -0.2) is 39.5 Å². The first-order valence-corrected chi connectivity index (χ1v) is 7.24. The standard InChI is InChI=1S/C16H16N2O4/c19-13-8-7-10-4-3-5-11(14(10)17-13)15(20)18-9-2-1-6-12(18)16(21)22/h3-5,7-8,12H,1-2,6,9H2,(H,17,19)(H,21,22). The van der Waals surface area contributed by atoms with Crippen molar-refractivity contribution in [2.45, 2.75) is 25.3 Å². The van der Waals surface area contributed by atoms with Crippen molar-refractivity contribution in [1.29, 1.82) is 0 Å². The quantitative estimate of drug-likeness (QED) is 0.881. The number of carboxylic acids is 1. The van der Waals surface area contributed by atoms with E-state index in [2.05, 4.69) is 4.98 Å². The third kappa shape index (κ3) is 2.47. The molecule has 1 aliphatic heterocycles. The molecule has 2 aromatic rings. The fourth-order valence-corrected chi connectivity index (χ4v) is 2.94. The Morgan fingerprint density at radius 2 is 2.00 bits per heavy atom. The second-order valence-corrected chi connectivity index (χ2v) is 5.44. The van der Waals surface area contributed by atoms with E-state index in [1.54, 1.807) is 24.3 Å². The van der Waals surface area contributed by atoms with Crippen molar-refractivity contribution in [3.8, 4) is 0 Å². The number of hydrogen-bond acceptors (Lipinski definition) is 3. The summed E-state index contributed by atoms with van der Waals surface area (Å²) in [7, 11) is 0. The van der Waals surface area contributed by atoms with Crippen molar-refractivity contribution in [2.24, 2.45) is 0 Å². The summed E-state index contributed by atoms with van der Waals surface area (Å²) in [6.07, 6.45) is 2.05. The van der Waals surface area contributed by atoms with Crippen LogP contribution in [-0.2, 0) is 4.79 Å². The highest BCUT2D eigenvalue weighted by molar-refractivity contribution is 6.06. The number of piperidine rings is 1. The predicted molar refractivity (Wildman–Crippen MR) is 80.9 cm³/mol. The first-order chi connectivity index (χ1) is 10.6. The van der Waals surface area contributed by atoms with Crippen LogP contribution >= 0.6 is 0 Å². The van der Waals surface area contributed by atoms with Crippen molar-refractivity contribution >= 4 is 22.8 Å². The summed E-state index contributed by atoms with van der Waals surface area (Å²) >= 11 is 0. The van der Waals surface area contributed by atoms with E-state index >= 15 is 0 Å². The molecule has 1 aliphatic rings. The first-order valence-electron chi connectivity index (χ1n) is 7.24. The molecule has 6 heteroatoms. The van der Waals surface area contributed by atoms with E-state index in [0.717, 1.165) is 18.2 Å². The molecule has 1 fully saturated rings. The molecule has 1 aromatic carbocycles. The highest BCUT2D eigenvalue weighted by atomic mass is 16.4. The van der Waals surface area contributed by atoms with Gasteiger partial charge in [-0.1, -0.05) is 12.1 Å². The van der Waals surface area contributed by atoms with E-state index in [9.17, 15) is 19.5 Å². The number of benzene rings is 1. The van der Waals surface area contributed by atoms with Crippen molar-refractivity contribution in [3.63, 3.8) is 0 Å². The minimum atomic E-state index is -0.984. The highest BCUT2D eigenvalue weighted by Gasteiger charge is 2.33. The molecule has 1 aromatic heterocycles. The molecule has 2 heterocycles.